The van der Waals surface area contributed by atoms with E-state index in [1.165, 1.54) is 48.0 Å². The van der Waals surface area contributed by atoms with Crippen molar-refractivity contribution in [2.75, 3.05) is 6.61 Å². The van der Waals surface area contributed by atoms with E-state index >= 15 is 0 Å². The Bertz CT molecular complexity index is 1830. The van der Waals surface area contributed by atoms with Crippen LogP contribution in [-0.2, 0) is 16.9 Å². The van der Waals surface area contributed by atoms with Crippen LogP contribution < -0.4 is 15.4 Å². The summed E-state index contributed by atoms with van der Waals surface area (Å²) >= 11 is 0. The van der Waals surface area contributed by atoms with Gasteiger partial charge in [-0.05, 0) is 99.4 Å². The molecule has 4 aromatic rings. The van der Waals surface area contributed by atoms with Crippen LogP contribution in [0.15, 0.2) is 66.7 Å². The highest BCUT2D eigenvalue weighted by atomic mass is 16.5. The number of carboxylic acids is 1. The Hall–Kier alpha value is -4.59. The van der Waals surface area contributed by atoms with Gasteiger partial charge in [-0.1, -0.05) is 49.6 Å². The van der Waals surface area contributed by atoms with E-state index in [4.69, 9.17) is 4.74 Å². The Morgan fingerprint density at radius 2 is 1.63 bits per heavy atom. The number of aromatic nitrogens is 1. The topological polar surface area (TPSA) is 110 Å². The molecule has 0 saturated heterocycles. The summed E-state index contributed by atoms with van der Waals surface area (Å²) in [5.74, 6) is -0.130. The molecule has 1 aromatic heterocycles. The summed E-state index contributed by atoms with van der Waals surface area (Å²) in [6.45, 7) is 5.00. The number of hydrogen-bond acceptors (Lipinski definition) is 4. The smallest absolute Gasteiger partial charge is 0.335 e. The maximum atomic E-state index is 13.9. The summed E-state index contributed by atoms with van der Waals surface area (Å²) in [7, 11) is 0. The third kappa shape index (κ3) is 5.23. The summed E-state index contributed by atoms with van der Waals surface area (Å²) < 4.78 is 8.53. The summed E-state index contributed by atoms with van der Waals surface area (Å²) in [6, 6.07) is 20.8. The van der Waals surface area contributed by atoms with E-state index in [0.29, 0.717) is 37.5 Å². The molecule has 3 aliphatic rings. The van der Waals surface area contributed by atoms with Gasteiger partial charge in [0.05, 0.1) is 23.3 Å². The van der Waals surface area contributed by atoms with Crippen molar-refractivity contribution >= 4 is 28.7 Å². The van der Waals surface area contributed by atoms with Crippen LogP contribution in [0.2, 0.25) is 0 Å². The Balaban J connectivity index is 1.19. The average molecular weight is 620 g/mol. The van der Waals surface area contributed by atoms with Gasteiger partial charge in [-0.25, -0.2) is 4.79 Å². The second kappa shape index (κ2) is 11.6. The summed E-state index contributed by atoms with van der Waals surface area (Å²) in [4.78, 5) is 39.0. The minimum absolute atomic E-state index is 0.188. The molecule has 2 amide bonds. The monoisotopic (exact) mass is 619 g/mol. The van der Waals surface area contributed by atoms with Crippen LogP contribution in [0.25, 0.3) is 22.2 Å². The first-order chi connectivity index (χ1) is 22.2. The quantitative estimate of drug-likeness (QED) is 0.204. The third-order valence-electron chi connectivity index (χ3n) is 10.4. The van der Waals surface area contributed by atoms with Crippen LogP contribution in [0.1, 0.15) is 103 Å². The van der Waals surface area contributed by atoms with Gasteiger partial charge in [0.25, 0.3) is 5.91 Å². The maximum absolute atomic E-state index is 13.9. The van der Waals surface area contributed by atoms with Crippen LogP contribution in [0.3, 0.4) is 0 Å². The predicted octanol–water partition coefficient (Wildman–Crippen LogP) is 7.15. The molecule has 2 saturated carbocycles. The largest absolute Gasteiger partial charge is 0.491 e. The molecule has 1 aliphatic heterocycles. The first kappa shape index (κ1) is 30.1. The van der Waals surface area contributed by atoms with Gasteiger partial charge >= 0.3 is 5.97 Å². The number of rotatable bonds is 7. The molecular formula is C38H41N3O5. The molecule has 2 heterocycles. The Kier molecular flexibility index (Phi) is 7.62. The molecular weight excluding hydrogens is 578 g/mol. The molecule has 0 bridgehead atoms. The highest BCUT2D eigenvalue weighted by molar-refractivity contribution is 6.03. The number of benzene rings is 3. The van der Waals surface area contributed by atoms with E-state index in [-0.39, 0.29) is 17.4 Å². The van der Waals surface area contributed by atoms with Crippen LogP contribution >= 0.6 is 0 Å². The Morgan fingerprint density at radius 1 is 0.913 bits per heavy atom. The van der Waals surface area contributed by atoms with Gasteiger partial charge in [0.15, 0.2) is 0 Å². The first-order valence-electron chi connectivity index (χ1n) is 16.5. The zero-order valence-corrected chi connectivity index (χ0v) is 26.5. The van der Waals surface area contributed by atoms with Gasteiger partial charge in [-0.3, -0.25) is 9.59 Å². The van der Waals surface area contributed by atoms with Gasteiger partial charge in [-0.15, -0.1) is 0 Å². The number of carboxylic acid groups (broad SMARTS) is 1. The highest BCUT2D eigenvalue weighted by Gasteiger charge is 2.47. The van der Waals surface area contributed by atoms with Gasteiger partial charge in [0.2, 0.25) is 5.91 Å². The molecule has 0 radical (unpaired) electrons. The molecule has 46 heavy (non-hydrogen) atoms. The van der Waals surface area contributed by atoms with E-state index in [1.807, 2.05) is 38.1 Å². The van der Waals surface area contributed by atoms with E-state index < -0.39 is 17.0 Å². The van der Waals surface area contributed by atoms with E-state index in [1.54, 1.807) is 12.1 Å². The molecule has 7 rings (SSSR count). The maximum Gasteiger partial charge on any atom is 0.335 e. The molecule has 3 aromatic carbocycles. The van der Waals surface area contributed by atoms with Crippen LogP contribution in [-0.4, -0.2) is 39.6 Å². The van der Waals surface area contributed by atoms with E-state index in [9.17, 15) is 19.5 Å². The van der Waals surface area contributed by atoms with Crippen LogP contribution in [0.5, 0.6) is 5.75 Å². The molecule has 238 valence electrons. The molecule has 3 N–H and O–H groups in total. The minimum atomic E-state index is -1.000. The van der Waals surface area contributed by atoms with Crippen molar-refractivity contribution in [2.45, 2.75) is 88.8 Å². The first-order valence-corrected chi connectivity index (χ1v) is 16.5. The number of fused-ring (bicyclic) bond motifs is 5. The van der Waals surface area contributed by atoms with Crippen molar-refractivity contribution in [3.05, 3.63) is 89.0 Å². The van der Waals surface area contributed by atoms with Crippen molar-refractivity contribution in [3.8, 4) is 17.0 Å². The standard InChI is InChI=1S/C38H41N3O5/c1-37(2,27-16-13-25(14-17-27)35(43)44)40-36(45)38(19-8-20-38)39-34(42)26-15-18-28-30(23-26)41-21-22-46-31-12-7-6-11-29(31)33(41)32(28)24-9-4-3-5-10-24/h6-7,11-18,23-24H,3-5,8-10,19-22H2,1-2H3,(H,39,42)(H,40,45)(H,43,44). The third-order valence-corrected chi connectivity index (χ3v) is 10.4. The fraction of sp³-hybridized carbons (Fsp3) is 0.395. The number of aromatic carboxylic acids is 1. The number of carbonyl (C=O) groups excluding carboxylic acids is 2. The normalized spacial score (nSPS) is 17.5. The predicted molar refractivity (Wildman–Crippen MR) is 177 cm³/mol. The van der Waals surface area contributed by atoms with Crippen LogP contribution in [0.4, 0.5) is 0 Å². The van der Waals surface area contributed by atoms with Gasteiger partial charge in [-0.2, -0.15) is 0 Å². The number of ether oxygens (including phenoxy) is 1. The lowest BCUT2D eigenvalue weighted by molar-refractivity contribution is -0.132. The van der Waals surface area contributed by atoms with Crippen molar-refractivity contribution in [1.82, 2.24) is 15.2 Å². The van der Waals surface area contributed by atoms with Gasteiger partial charge in [0, 0.05) is 22.0 Å². The second-order valence-corrected chi connectivity index (χ2v) is 13.7. The number of nitrogens with one attached hydrogen (secondary N) is 2. The Morgan fingerprint density at radius 3 is 2.33 bits per heavy atom. The molecule has 0 unspecified atom stereocenters. The molecule has 8 nitrogen and oxygen atoms in total. The lowest BCUT2D eigenvalue weighted by atomic mass is 9.75. The van der Waals surface area contributed by atoms with Gasteiger partial charge in [0.1, 0.15) is 17.9 Å². The molecule has 0 atom stereocenters. The number of amides is 2. The number of carbonyl (C=O) groups is 3. The second-order valence-electron chi connectivity index (χ2n) is 13.7. The highest BCUT2D eigenvalue weighted by Crippen LogP contribution is 2.47. The number of hydrogen-bond donors (Lipinski definition) is 3. The average Bonchev–Trinajstić information content (AvgIpc) is 3.23. The van der Waals surface area contributed by atoms with Crippen molar-refractivity contribution in [3.63, 3.8) is 0 Å². The fourth-order valence-corrected chi connectivity index (χ4v) is 7.61. The molecule has 0 spiro atoms. The molecule has 2 fully saturated rings. The zero-order chi connectivity index (χ0) is 32.1. The lowest BCUT2D eigenvalue weighted by Gasteiger charge is -2.43. The van der Waals surface area contributed by atoms with Crippen LogP contribution in [0, 0.1) is 0 Å². The fourth-order valence-electron chi connectivity index (χ4n) is 7.61. The van der Waals surface area contributed by atoms with E-state index in [0.717, 1.165) is 41.7 Å². The number of para-hydroxylation sites is 1. The van der Waals surface area contributed by atoms with Gasteiger partial charge < -0.3 is 25.0 Å². The molecule has 2 aliphatic carbocycles. The zero-order valence-electron chi connectivity index (χ0n) is 26.5. The summed E-state index contributed by atoms with van der Waals surface area (Å²) in [5.41, 5.74) is 4.45. The Labute approximate surface area is 269 Å². The van der Waals surface area contributed by atoms with Crippen molar-refractivity contribution in [2.24, 2.45) is 0 Å². The SMILES string of the molecule is CC(C)(NC(=O)C1(NC(=O)c2ccc3c(C4CCCCC4)c4n(c3c2)CCOc2ccccc2-4)CCC1)c1ccc(C(=O)O)cc1. The number of nitrogens with zero attached hydrogens (tertiary/aromatic N) is 1. The summed E-state index contributed by atoms with van der Waals surface area (Å²) in [6.07, 6.45) is 8.01. The van der Waals surface area contributed by atoms with Crippen molar-refractivity contribution in [1.29, 1.82) is 0 Å². The summed E-state index contributed by atoms with van der Waals surface area (Å²) in [5, 5.41) is 16.7. The molecule has 8 heteroatoms. The van der Waals surface area contributed by atoms with Crippen molar-refractivity contribution < 1.29 is 24.2 Å². The van der Waals surface area contributed by atoms with E-state index in [2.05, 4.69) is 33.4 Å². The minimum Gasteiger partial charge on any atom is -0.491 e. The lowest BCUT2D eigenvalue weighted by Crippen LogP contribution is -2.64.